The first-order chi connectivity index (χ1) is 13.8. The van der Waals surface area contributed by atoms with Gasteiger partial charge in [0.25, 0.3) is 0 Å². The predicted molar refractivity (Wildman–Crippen MR) is 109 cm³/mol. The highest BCUT2D eigenvalue weighted by atomic mass is 16.5. The first-order valence-corrected chi connectivity index (χ1v) is 9.83. The second-order valence-electron chi connectivity index (χ2n) is 7.60. The second kappa shape index (κ2) is 7.02. The van der Waals surface area contributed by atoms with Gasteiger partial charge in [-0.05, 0) is 41.8 Å². The molecule has 0 amide bonds. The monoisotopic (exact) mass is 379 g/mol. The van der Waals surface area contributed by atoms with Crippen molar-refractivity contribution < 1.29 is 14.0 Å². The summed E-state index contributed by atoms with van der Waals surface area (Å²) >= 11 is 0. The lowest BCUT2D eigenvalue weighted by atomic mass is 9.77. The fourth-order valence-corrected chi connectivity index (χ4v) is 4.46. The molecule has 1 unspecified atom stereocenters. The standard InChI is InChI=1S/C22H25N3O3/c1-26-20-12-15-11-16(18(15)13-21(20)27-2)14-24-7-9-25(10-8-24)22-17-5-3-4-6-19(17)28-23-22/h3-6,12-13,16H,7-11,14H2,1-2H3. The van der Waals surface area contributed by atoms with Crippen molar-refractivity contribution in [3.8, 4) is 11.5 Å². The molecule has 2 aliphatic rings. The number of methoxy groups -OCH3 is 2. The highest BCUT2D eigenvalue weighted by molar-refractivity contribution is 5.88. The number of hydrogen-bond acceptors (Lipinski definition) is 6. The number of rotatable bonds is 5. The molecule has 2 heterocycles. The van der Waals surface area contributed by atoms with Crippen LogP contribution in [0, 0.1) is 0 Å². The predicted octanol–water partition coefficient (Wildman–Crippen LogP) is 3.31. The quantitative estimate of drug-likeness (QED) is 0.678. The van der Waals surface area contributed by atoms with Crippen LogP contribution in [0.1, 0.15) is 17.0 Å². The normalized spacial score (nSPS) is 19.4. The van der Waals surface area contributed by atoms with E-state index in [4.69, 9.17) is 14.0 Å². The van der Waals surface area contributed by atoms with Gasteiger partial charge in [0.15, 0.2) is 22.9 Å². The molecule has 1 fully saturated rings. The summed E-state index contributed by atoms with van der Waals surface area (Å²) in [5.41, 5.74) is 3.65. The first kappa shape index (κ1) is 17.4. The molecule has 146 valence electrons. The van der Waals surface area contributed by atoms with Crippen LogP contribution in [0.3, 0.4) is 0 Å². The average Bonchev–Trinajstić information content (AvgIpc) is 3.16. The van der Waals surface area contributed by atoms with Gasteiger partial charge in [-0.1, -0.05) is 17.3 Å². The minimum absolute atomic E-state index is 0.578. The van der Waals surface area contributed by atoms with Gasteiger partial charge in [-0.2, -0.15) is 0 Å². The van der Waals surface area contributed by atoms with E-state index >= 15 is 0 Å². The van der Waals surface area contributed by atoms with Crippen LogP contribution in [0.5, 0.6) is 11.5 Å². The number of piperazine rings is 1. The molecular formula is C22H25N3O3. The maximum absolute atomic E-state index is 5.47. The highest BCUT2D eigenvalue weighted by Gasteiger charge is 2.31. The van der Waals surface area contributed by atoms with E-state index in [0.717, 1.165) is 67.4 Å². The van der Waals surface area contributed by atoms with Crippen LogP contribution in [0.4, 0.5) is 5.82 Å². The Hall–Kier alpha value is -2.73. The second-order valence-corrected chi connectivity index (χ2v) is 7.60. The topological polar surface area (TPSA) is 51.0 Å². The summed E-state index contributed by atoms with van der Waals surface area (Å²) in [7, 11) is 3.39. The summed E-state index contributed by atoms with van der Waals surface area (Å²) in [5, 5.41) is 5.41. The van der Waals surface area contributed by atoms with Gasteiger partial charge >= 0.3 is 0 Å². The molecule has 0 bridgehead atoms. The molecule has 6 heteroatoms. The van der Waals surface area contributed by atoms with Gasteiger partial charge in [0.05, 0.1) is 19.6 Å². The van der Waals surface area contributed by atoms with Crippen molar-refractivity contribution in [3.05, 3.63) is 47.5 Å². The van der Waals surface area contributed by atoms with Crippen LogP contribution >= 0.6 is 0 Å². The molecule has 5 rings (SSSR count). The highest BCUT2D eigenvalue weighted by Crippen LogP contribution is 2.42. The van der Waals surface area contributed by atoms with Gasteiger partial charge in [0.1, 0.15) is 0 Å². The van der Waals surface area contributed by atoms with Crippen LogP contribution < -0.4 is 14.4 Å². The van der Waals surface area contributed by atoms with E-state index in [1.54, 1.807) is 14.2 Å². The maximum Gasteiger partial charge on any atom is 0.180 e. The van der Waals surface area contributed by atoms with E-state index in [0.29, 0.717) is 5.92 Å². The van der Waals surface area contributed by atoms with Crippen molar-refractivity contribution in [1.29, 1.82) is 0 Å². The summed E-state index contributed by atoms with van der Waals surface area (Å²) in [5.74, 6) is 3.21. The molecule has 0 saturated carbocycles. The Kier molecular flexibility index (Phi) is 4.36. The van der Waals surface area contributed by atoms with Gasteiger partial charge in [-0.25, -0.2) is 0 Å². The third-order valence-electron chi connectivity index (χ3n) is 6.06. The summed E-state index contributed by atoms with van der Waals surface area (Å²) in [4.78, 5) is 4.90. The Balaban J connectivity index is 1.23. The molecule has 0 N–H and O–H groups in total. The van der Waals surface area contributed by atoms with Crippen molar-refractivity contribution in [3.63, 3.8) is 0 Å². The Morgan fingerprint density at radius 1 is 1.04 bits per heavy atom. The molecule has 0 spiro atoms. The van der Waals surface area contributed by atoms with Gasteiger partial charge in [-0.15, -0.1) is 0 Å². The minimum atomic E-state index is 0.578. The minimum Gasteiger partial charge on any atom is -0.493 e. The molecule has 1 aliphatic carbocycles. The zero-order valence-electron chi connectivity index (χ0n) is 16.4. The van der Waals surface area contributed by atoms with Crippen LogP contribution in [0.15, 0.2) is 40.9 Å². The number of fused-ring (bicyclic) bond motifs is 2. The zero-order chi connectivity index (χ0) is 19.1. The Labute approximate surface area is 164 Å². The molecule has 1 saturated heterocycles. The van der Waals surface area contributed by atoms with Crippen LogP contribution in [0.2, 0.25) is 0 Å². The molecule has 1 atom stereocenters. The number of anilines is 1. The summed E-state index contributed by atoms with van der Waals surface area (Å²) in [6, 6.07) is 12.4. The number of aromatic nitrogens is 1. The van der Waals surface area contributed by atoms with E-state index in [1.807, 2.05) is 18.2 Å². The van der Waals surface area contributed by atoms with E-state index in [2.05, 4.69) is 33.2 Å². The van der Waals surface area contributed by atoms with E-state index in [9.17, 15) is 0 Å². The van der Waals surface area contributed by atoms with Crippen LogP contribution in [-0.2, 0) is 6.42 Å². The smallest absolute Gasteiger partial charge is 0.180 e. The summed E-state index contributed by atoms with van der Waals surface area (Å²) < 4.78 is 16.4. The number of hydrogen-bond donors (Lipinski definition) is 0. The van der Waals surface area contributed by atoms with Gasteiger partial charge in [0, 0.05) is 38.6 Å². The van der Waals surface area contributed by atoms with E-state index in [-0.39, 0.29) is 0 Å². The average molecular weight is 379 g/mol. The van der Waals surface area contributed by atoms with Crippen molar-refractivity contribution in [2.24, 2.45) is 0 Å². The molecule has 1 aliphatic heterocycles. The fraction of sp³-hybridized carbons (Fsp3) is 0.409. The maximum atomic E-state index is 5.47. The Morgan fingerprint density at radius 3 is 2.57 bits per heavy atom. The number of benzene rings is 2. The summed E-state index contributed by atoms with van der Waals surface area (Å²) in [6.07, 6.45) is 1.11. The zero-order valence-corrected chi connectivity index (χ0v) is 16.4. The number of para-hydroxylation sites is 1. The van der Waals surface area contributed by atoms with Crippen molar-refractivity contribution >= 4 is 16.8 Å². The molecule has 3 aromatic rings. The lowest BCUT2D eigenvalue weighted by Crippen LogP contribution is -2.48. The molecular weight excluding hydrogens is 354 g/mol. The van der Waals surface area contributed by atoms with Crippen LogP contribution in [-0.4, -0.2) is 57.0 Å². The van der Waals surface area contributed by atoms with Crippen LogP contribution in [0.25, 0.3) is 11.0 Å². The van der Waals surface area contributed by atoms with Gasteiger partial charge in [-0.3, -0.25) is 4.90 Å². The first-order valence-electron chi connectivity index (χ1n) is 9.83. The third-order valence-corrected chi connectivity index (χ3v) is 6.06. The third kappa shape index (κ3) is 2.88. The Bertz CT molecular complexity index is 992. The lowest BCUT2D eigenvalue weighted by molar-refractivity contribution is 0.233. The fourth-order valence-electron chi connectivity index (χ4n) is 4.46. The van der Waals surface area contributed by atoms with E-state index in [1.165, 1.54) is 11.1 Å². The largest absolute Gasteiger partial charge is 0.493 e. The van der Waals surface area contributed by atoms with Crippen molar-refractivity contribution in [2.45, 2.75) is 12.3 Å². The molecule has 28 heavy (non-hydrogen) atoms. The van der Waals surface area contributed by atoms with Crippen molar-refractivity contribution in [2.75, 3.05) is 51.8 Å². The summed E-state index contributed by atoms with van der Waals surface area (Å²) in [6.45, 7) is 5.13. The van der Waals surface area contributed by atoms with Crippen molar-refractivity contribution in [1.82, 2.24) is 10.1 Å². The molecule has 2 aromatic carbocycles. The molecule has 1 aromatic heterocycles. The van der Waals surface area contributed by atoms with Gasteiger partial charge < -0.3 is 18.9 Å². The van der Waals surface area contributed by atoms with Gasteiger partial charge in [0.2, 0.25) is 0 Å². The number of nitrogens with zero attached hydrogens (tertiary/aromatic N) is 3. The SMILES string of the molecule is COc1cc2c(cc1OC)C(CN1CCN(c3noc4ccccc34)CC1)C2. The lowest BCUT2D eigenvalue weighted by Gasteiger charge is -2.39. The number of ether oxygens (including phenoxy) is 2. The molecule has 6 nitrogen and oxygen atoms in total. The Morgan fingerprint density at radius 2 is 1.79 bits per heavy atom. The van der Waals surface area contributed by atoms with E-state index < -0.39 is 0 Å². The molecule has 0 radical (unpaired) electrons.